The average Bonchev–Trinajstić information content (AvgIpc) is 2.82. The second-order valence-electron chi connectivity index (χ2n) is 10.1. The van der Waals surface area contributed by atoms with Gasteiger partial charge in [0.05, 0.1) is 5.66 Å². The van der Waals surface area contributed by atoms with Crippen LogP contribution in [0, 0.1) is 41.5 Å². The number of Topliss-reactive ketones (excluding diaryl/α,β-unsaturated/α-hetero) is 1. The third kappa shape index (κ3) is 4.88. The summed E-state index contributed by atoms with van der Waals surface area (Å²) in [6.07, 6.45) is 0.171. The van der Waals surface area contributed by atoms with Gasteiger partial charge in [0.1, 0.15) is 0 Å². The number of aryl methyl sites for hydroxylation is 6. The van der Waals surface area contributed by atoms with Crippen molar-refractivity contribution in [2.75, 3.05) is 0 Å². The van der Waals surface area contributed by atoms with Gasteiger partial charge in [-0.3, -0.25) is 4.79 Å². The Morgan fingerprint density at radius 3 is 1.44 bits per heavy atom. The molecule has 0 saturated heterocycles. The molecule has 4 rings (SSSR count). The van der Waals surface area contributed by atoms with Gasteiger partial charge in [-0.25, -0.2) is 0 Å². The fourth-order valence-electron chi connectivity index (χ4n) is 5.87. The first-order valence-corrected chi connectivity index (χ1v) is 14.3. The molecule has 0 fully saturated rings. The fourth-order valence-corrected chi connectivity index (χ4v) is 10.1. The molecule has 0 radical (unpaired) electrons. The molecule has 0 saturated carbocycles. The number of benzene rings is 4. The van der Waals surface area contributed by atoms with Gasteiger partial charge in [0.15, 0.2) is 12.9 Å². The summed E-state index contributed by atoms with van der Waals surface area (Å²) in [5.41, 5.74) is 7.47. The Morgan fingerprint density at radius 2 is 1.03 bits per heavy atom. The highest BCUT2D eigenvalue weighted by Crippen LogP contribution is 2.61. The maximum absolute atomic E-state index is 16.0. The van der Waals surface area contributed by atoms with E-state index in [0.29, 0.717) is 5.56 Å². The minimum atomic E-state index is -3.34. The molecule has 3 heteroatoms. The Morgan fingerprint density at radius 1 is 0.639 bits per heavy atom. The number of hydrogen-bond donors (Lipinski definition) is 0. The van der Waals surface area contributed by atoms with Crippen LogP contribution < -0.4 is 10.6 Å². The van der Waals surface area contributed by atoms with E-state index in [1.807, 2.05) is 60.7 Å². The first-order valence-electron chi connectivity index (χ1n) is 12.5. The summed E-state index contributed by atoms with van der Waals surface area (Å²) >= 11 is 0. The Kier molecular flexibility index (Phi) is 7.48. The van der Waals surface area contributed by atoms with Gasteiger partial charge in [0.2, 0.25) is 0 Å². The van der Waals surface area contributed by atoms with Crippen molar-refractivity contribution in [3.63, 3.8) is 0 Å². The van der Waals surface area contributed by atoms with E-state index in [0.717, 1.165) is 49.6 Å². The van der Waals surface area contributed by atoms with Gasteiger partial charge in [0, 0.05) is 22.6 Å². The zero-order valence-electron chi connectivity index (χ0n) is 22.1. The van der Waals surface area contributed by atoms with E-state index in [9.17, 15) is 4.79 Å². The molecule has 0 bridgehead atoms. The largest absolute Gasteiger partial charge is 0.313 e. The zero-order valence-corrected chi connectivity index (χ0v) is 23.0. The number of carbonyl (C=O) groups is 1. The number of hydrogen-bond acceptors (Lipinski definition) is 2. The predicted octanol–water partition coefficient (Wildman–Crippen LogP) is 7.87. The SMILES string of the molecule is Cc1cc(C)c(P(=O)(c2c(C)cc(C)cc2C)C(CC(=O)c2ccccc2)c2ccccc2)c(C)c1. The first-order chi connectivity index (χ1) is 17.1. The van der Waals surface area contributed by atoms with Crippen molar-refractivity contribution in [1.82, 2.24) is 0 Å². The zero-order chi connectivity index (χ0) is 26.0. The second kappa shape index (κ2) is 10.4. The first kappa shape index (κ1) is 25.9. The molecule has 2 nitrogen and oxygen atoms in total. The van der Waals surface area contributed by atoms with Gasteiger partial charge in [-0.05, 0) is 69.4 Å². The third-order valence-electron chi connectivity index (χ3n) is 7.03. The summed E-state index contributed by atoms with van der Waals surface area (Å²) in [5.74, 6) is 0.00881. The monoisotopic (exact) mass is 494 g/mol. The molecule has 0 aliphatic heterocycles. The van der Waals surface area contributed by atoms with Crippen LogP contribution in [0.2, 0.25) is 0 Å². The molecule has 0 aliphatic rings. The van der Waals surface area contributed by atoms with Crippen molar-refractivity contribution < 1.29 is 9.36 Å². The highest BCUT2D eigenvalue weighted by Gasteiger charge is 2.42. The molecule has 0 heterocycles. The second-order valence-corrected chi connectivity index (χ2v) is 12.9. The molecule has 0 amide bonds. The Bertz CT molecular complexity index is 1340. The van der Waals surface area contributed by atoms with Gasteiger partial charge in [-0.1, -0.05) is 96.1 Å². The summed E-state index contributed by atoms with van der Waals surface area (Å²) in [7, 11) is -3.34. The summed E-state index contributed by atoms with van der Waals surface area (Å²) in [6, 6.07) is 27.8. The highest BCUT2D eigenvalue weighted by atomic mass is 31.2. The molecule has 4 aromatic carbocycles. The van der Waals surface area contributed by atoms with E-state index >= 15 is 4.57 Å². The van der Waals surface area contributed by atoms with Crippen LogP contribution in [-0.4, -0.2) is 5.78 Å². The molecular weight excluding hydrogens is 459 g/mol. The third-order valence-corrected chi connectivity index (χ3v) is 11.1. The van der Waals surface area contributed by atoms with Crippen molar-refractivity contribution in [2.45, 2.75) is 53.6 Å². The summed E-state index contributed by atoms with van der Waals surface area (Å²) in [4.78, 5) is 13.7. The smallest absolute Gasteiger partial charge is 0.163 e. The van der Waals surface area contributed by atoms with Crippen molar-refractivity contribution in [3.05, 3.63) is 129 Å². The number of rotatable bonds is 7. The van der Waals surface area contributed by atoms with Gasteiger partial charge in [-0.2, -0.15) is 0 Å². The fraction of sp³-hybridized carbons (Fsp3) is 0.242. The van der Waals surface area contributed by atoms with Crippen LogP contribution >= 0.6 is 7.14 Å². The summed E-state index contributed by atoms with van der Waals surface area (Å²) in [5, 5.41) is 1.77. The predicted molar refractivity (Wildman–Crippen MR) is 153 cm³/mol. The van der Waals surface area contributed by atoms with Gasteiger partial charge >= 0.3 is 0 Å². The standard InChI is InChI=1S/C33H35O2P/c1-22-17-24(3)32(25(4)18-22)36(35,33-26(5)19-23(2)20-27(33)6)31(29-15-11-8-12-16-29)21-30(34)28-13-9-7-10-14-28/h7-20,31H,21H2,1-6H3. The van der Waals surface area contributed by atoms with Crippen molar-refractivity contribution >= 4 is 23.5 Å². The number of carbonyl (C=O) groups excluding carboxylic acids is 1. The normalized spacial score (nSPS) is 12.4. The number of ketones is 1. The molecule has 184 valence electrons. The average molecular weight is 495 g/mol. The molecule has 0 N–H and O–H groups in total. The highest BCUT2D eigenvalue weighted by molar-refractivity contribution is 7.79. The van der Waals surface area contributed by atoms with Gasteiger partial charge < -0.3 is 4.57 Å². The lowest BCUT2D eigenvalue weighted by molar-refractivity contribution is 0.0981. The van der Waals surface area contributed by atoms with Crippen molar-refractivity contribution in [2.24, 2.45) is 0 Å². The van der Waals surface area contributed by atoms with E-state index in [1.54, 1.807) is 0 Å². The van der Waals surface area contributed by atoms with Crippen LogP contribution in [0.1, 0.15) is 61.4 Å². The van der Waals surface area contributed by atoms with Crippen molar-refractivity contribution in [1.29, 1.82) is 0 Å². The molecule has 36 heavy (non-hydrogen) atoms. The van der Waals surface area contributed by atoms with E-state index < -0.39 is 12.8 Å². The van der Waals surface area contributed by atoms with Gasteiger partial charge in [0.25, 0.3) is 0 Å². The minimum absolute atomic E-state index is 0.00881. The topological polar surface area (TPSA) is 34.1 Å². The van der Waals surface area contributed by atoms with Crippen LogP contribution in [0.25, 0.3) is 0 Å². The molecule has 1 atom stereocenters. The molecule has 1 unspecified atom stereocenters. The Balaban J connectivity index is 2.07. The van der Waals surface area contributed by atoms with E-state index in [2.05, 4.69) is 65.8 Å². The molecular formula is C33H35O2P. The Labute approximate surface area is 215 Å². The van der Waals surface area contributed by atoms with Crippen LogP contribution in [-0.2, 0) is 4.57 Å². The van der Waals surface area contributed by atoms with Gasteiger partial charge in [-0.15, -0.1) is 0 Å². The lowest BCUT2D eigenvalue weighted by atomic mass is 10.0. The van der Waals surface area contributed by atoms with Crippen molar-refractivity contribution in [3.8, 4) is 0 Å². The molecule has 0 spiro atoms. The lowest BCUT2D eigenvalue weighted by Crippen LogP contribution is -2.29. The molecule has 4 aromatic rings. The van der Waals surface area contributed by atoms with Crippen LogP contribution in [0.4, 0.5) is 0 Å². The van der Waals surface area contributed by atoms with Crippen LogP contribution in [0.15, 0.2) is 84.9 Å². The molecule has 0 aromatic heterocycles. The Hall–Kier alpha value is -3.22. The molecule has 0 aliphatic carbocycles. The van der Waals surface area contributed by atoms with E-state index in [-0.39, 0.29) is 12.2 Å². The maximum atomic E-state index is 16.0. The summed E-state index contributed by atoms with van der Waals surface area (Å²) < 4.78 is 16.0. The minimum Gasteiger partial charge on any atom is -0.313 e. The maximum Gasteiger partial charge on any atom is 0.163 e. The lowest BCUT2D eigenvalue weighted by Gasteiger charge is -2.33. The summed E-state index contributed by atoms with van der Waals surface area (Å²) in [6.45, 7) is 12.4. The van der Waals surface area contributed by atoms with E-state index in [4.69, 9.17) is 0 Å². The van der Waals surface area contributed by atoms with Crippen LogP contribution in [0.3, 0.4) is 0 Å². The quantitative estimate of drug-likeness (QED) is 0.194. The van der Waals surface area contributed by atoms with Crippen LogP contribution in [0.5, 0.6) is 0 Å². The van der Waals surface area contributed by atoms with E-state index in [1.165, 1.54) is 0 Å².